The van der Waals surface area contributed by atoms with E-state index < -0.39 is 11.6 Å². The van der Waals surface area contributed by atoms with Crippen LogP contribution in [0.15, 0.2) is 41.3 Å². The van der Waals surface area contributed by atoms with E-state index in [9.17, 15) is 8.78 Å². The van der Waals surface area contributed by atoms with Crippen molar-refractivity contribution in [1.29, 1.82) is 0 Å². The van der Waals surface area contributed by atoms with Crippen LogP contribution in [0.4, 0.5) is 14.5 Å². The largest absolute Gasteiger partial charge is 0.399 e. The molecule has 2 N–H and O–H groups in total. The van der Waals surface area contributed by atoms with Gasteiger partial charge >= 0.3 is 0 Å². The fourth-order valence-electron chi connectivity index (χ4n) is 1.74. The molecule has 1 heterocycles. The minimum atomic E-state index is -0.861. The van der Waals surface area contributed by atoms with E-state index in [0.29, 0.717) is 16.0 Å². The first-order valence-corrected chi connectivity index (χ1v) is 7.65. The second kappa shape index (κ2) is 5.38. The quantitative estimate of drug-likeness (QED) is 0.574. The minimum Gasteiger partial charge on any atom is -0.399 e. The molecule has 0 aliphatic rings. The predicted molar refractivity (Wildman–Crippen MR) is 80.0 cm³/mol. The van der Waals surface area contributed by atoms with Gasteiger partial charge in [0.05, 0.1) is 16.0 Å². The van der Waals surface area contributed by atoms with Crippen LogP contribution in [0.3, 0.4) is 0 Å². The summed E-state index contributed by atoms with van der Waals surface area (Å²) in [5.41, 5.74) is 6.85. The number of aromatic nitrogens is 1. The number of thiazole rings is 1. The monoisotopic (exact) mass is 308 g/mol. The van der Waals surface area contributed by atoms with Crippen molar-refractivity contribution in [3.8, 4) is 0 Å². The molecule has 1 aromatic heterocycles. The van der Waals surface area contributed by atoms with Crippen LogP contribution in [0.5, 0.6) is 0 Å². The summed E-state index contributed by atoms with van der Waals surface area (Å²) < 4.78 is 26.9. The zero-order chi connectivity index (χ0) is 14.1. The molecule has 0 bridgehead atoms. The van der Waals surface area contributed by atoms with Gasteiger partial charge in [-0.05, 0) is 30.3 Å². The van der Waals surface area contributed by atoms with E-state index in [1.165, 1.54) is 17.4 Å². The normalized spacial score (nSPS) is 11.1. The highest BCUT2D eigenvalue weighted by Crippen LogP contribution is 2.29. The smallest absolute Gasteiger partial charge is 0.161 e. The summed E-state index contributed by atoms with van der Waals surface area (Å²) in [6.07, 6.45) is 0. The van der Waals surface area contributed by atoms with E-state index in [2.05, 4.69) is 4.98 Å². The van der Waals surface area contributed by atoms with Crippen molar-refractivity contribution in [3.63, 3.8) is 0 Å². The lowest BCUT2D eigenvalue weighted by Crippen LogP contribution is -1.83. The third-order valence-corrected chi connectivity index (χ3v) is 4.94. The number of anilines is 1. The van der Waals surface area contributed by atoms with Crippen molar-refractivity contribution in [1.82, 2.24) is 4.98 Å². The van der Waals surface area contributed by atoms with E-state index in [4.69, 9.17) is 5.73 Å². The molecule has 2 nitrogen and oxygen atoms in total. The van der Waals surface area contributed by atoms with Crippen LogP contribution in [0, 0.1) is 11.6 Å². The number of fused-ring (bicyclic) bond motifs is 1. The Morgan fingerprint density at radius 2 is 1.80 bits per heavy atom. The van der Waals surface area contributed by atoms with E-state index in [1.807, 2.05) is 24.3 Å². The number of hydrogen-bond donors (Lipinski definition) is 1. The average Bonchev–Trinajstić information content (AvgIpc) is 2.80. The van der Waals surface area contributed by atoms with Gasteiger partial charge in [0.1, 0.15) is 5.01 Å². The Morgan fingerprint density at radius 3 is 2.55 bits per heavy atom. The maximum atomic E-state index is 13.1. The third-order valence-electron chi connectivity index (χ3n) is 2.72. The standard InChI is InChI=1S/C14H10F2N2S2/c15-10-5-12-13(6-11(10)16)20-14(18-12)7-19-9-3-1-8(17)2-4-9/h1-6H,7,17H2. The Labute approximate surface area is 122 Å². The lowest BCUT2D eigenvalue weighted by atomic mass is 10.3. The van der Waals surface area contributed by atoms with Gasteiger partial charge in [0.15, 0.2) is 11.6 Å². The molecule has 6 heteroatoms. The molecule has 3 rings (SSSR count). The molecular weight excluding hydrogens is 298 g/mol. The zero-order valence-corrected chi connectivity index (χ0v) is 11.9. The first kappa shape index (κ1) is 13.3. The van der Waals surface area contributed by atoms with Crippen molar-refractivity contribution < 1.29 is 8.78 Å². The van der Waals surface area contributed by atoms with Gasteiger partial charge < -0.3 is 5.73 Å². The summed E-state index contributed by atoms with van der Waals surface area (Å²) >= 11 is 2.99. The molecule has 20 heavy (non-hydrogen) atoms. The molecule has 102 valence electrons. The lowest BCUT2D eigenvalue weighted by molar-refractivity contribution is 0.511. The molecule has 3 aromatic rings. The summed E-state index contributed by atoms with van der Waals surface area (Å²) in [7, 11) is 0. The molecular formula is C14H10F2N2S2. The molecule has 0 radical (unpaired) electrons. The first-order chi connectivity index (χ1) is 9.61. The number of rotatable bonds is 3. The molecule has 0 atom stereocenters. The van der Waals surface area contributed by atoms with Crippen molar-refractivity contribution in [2.45, 2.75) is 10.6 Å². The Morgan fingerprint density at radius 1 is 1.10 bits per heavy atom. The number of nitrogen functional groups attached to an aromatic ring is 1. The van der Waals surface area contributed by atoms with Crippen LogP contribution in [0.2, 0.25) is 0 Å². The van der Waals surface area contributed by atoms with Gasteiger partial charge in [-0.1, -0.05) is 0 Å². The number of thioether (sulfide) groups is 1. The van der Waals surface area contributed by atoms with E-state index >= 15 is 0 Å². The summed E-state index contributed by atoms with van der Waals surface area (Å²) in [4.78, 5) is 5.39. The molecule has 0 spiro atoms. The molecule has 0 saturated carbocycles. The third kappa shape index (κ3) is 2.76. The SMILES string of the molecule is Nc1ccc(SCc2nc3cc(F)c(F)cc3s2)cc1. The fourth-order valence-corrected chi connectivity index (χ4v) is 3.61. The second-order valence-electron chi connectivity index (χ2n) is 4.20. The highest BCUT2D eigenvalue weighted by Gasteiger charge is 2.09. The van der Waals surface area contributed by atoms with Crippen molar-refractivity contribution >= 4 is 39.0 Å². The zero-order valence-electron chi connectivity index (χ0n) is 10.3. The van der Waals surface area contributed by atoms with E-state index in [1.54, 1.807) is 11.8 Å². The Hall–Kier alpha value is -1.66. The topological polar surface area (TPSA) is 38.9 Å². The molecule has 0 fully saturated rings. The molecule has 0 amide bonds. The van der Waals surface area contributed by atoms with Crippen LogP contribution < -0.4 is 5.73 Å². The maximum absolute atomic E-state index is 13.1. The van der Waals surface area contributed by atoms with Gasteiger partial charge in [0.2, 0.25) is 0 Å². The van der Waals surface area contributed by atoms with Crippen LogP contribution >= 0.6 is 23.1 Å². The number of benzene rings is 2. The van der Waals surface area contributed by atoms with Gasteiger partial charge in [0.25, 0.3) is 0 Å². The number of nitrogens with zero attached hydrogens (tertiary/aromatic N) is 1. The number of nitrogens with two attached hydrogens (primary N) is 1. The van der Waals surface area contributed by atoms with Crippen LogP contribution in [0.25, 0.3) is 10.2 Å². The van der Waals surface area contributed by atoms with Crippen LogP contribution in [0.1, 0.15) is 5.01 Å². The summed E-state index contributed by atoms with van der Waals surface area (Å²) in [5.74, 6) is -1.04. The van der Waals surface area contributed by atoms with Gasteiger partial charge in [-0.25, -0.2) is 13.8 Å². The van der Waals surface area contributed by atoms with E-state index in [0.717, 1.165) is 21.7 Å². The van der Waals surface area contributed by atoms with Gasteiger partial charge in [-0.3, -0.25) is 0 Å². The first-order valence-electron chi connectivity index (χ1n) is 5.84. The maximum Gasteiger partial charge on any atom is 0.161 e. The Kier molecular flexibility index (Phi) is 3.58. The van der Waals surface area contributed by atoms with E-state index in [-0.39, 0.29) is 0 Å². The highest BCUT2D eigenvalue weighted by molar-refractivity contribution is 7.98. The summed E-state index contributed by atoms with van der Waals surface area (Å²) in [6, 6.07) is 9.88. The van der Waals surface area contributed by atoms with Crippen molar-refractivity contribution in [3.05, 3.63) is 53.0 Å². The van der Waals surface area contributed by atoms with Gasteiger partial charge in [-0.2, -0.15) is 0 Å². The van der Waals surface area contributed by atoms with Crippen molar-refractivity contribution in [2.24, 2.45) is 0 Å². The lowest BCUT2D eigenvalue weighted by Gasteiger charge is -1.99. The fraction of sp³-hybridized carbons (Fsp3) is 0.0714. The van der Waals surface area contributed by atoms with Crippen LogP contribution in [-0.2, 0) is 5.75 Å². The second-order valence-corrected chi connectivity index (χ2v) is 6.36. The Balaban J connectivity index is 1.79. The molecule has 0 saturated heterocycles. The number of halogens is 2. The molecule has 2 aromatic carbocycles. The predicted octanol–water partition coefficient (Wildman–Crippen LogP) is 4.45. The summed E-state index contributed by atoms with van der Waals surface area (Å²) in [5, 5.41) is 0.840. The molecule has 0 unspecified atom stereocenters. The van der Waals surface area contributed by atoms with Crippen molar-refractivity contribution in [2.75, 3.05) is 5.73 Å². The highest BCUT2D eigenvalue weighted by atomic mass is 32.2. The Bertz CT molecular complexity index is 715. The van der Waals surface area contributed by atoms with Crippen LogP contribution in [-0.4, -0.2) is 4.98 Å². The molecule has 0 aliphatic carbocycles. The minimum absolute atomic E-state index is 0.502. The molecule has 0 aliphatic heterocycles. The number of hydrogen-bond acceptors (Lipinski definition) is 4. The van der Waals surface area contributed by atoms with Gasteiger partial charge in [0, 0.05) is 16.6 Å². The summed E-state index contributed by atoms with van der Waals surface area (Å²) in [6.45, 7) is 0. The average molecular weight is 308 g/mol. The van der Waals surface area contributed by atoms with Gasteiger partial charge in [-0.15, -0.1) is 23.1 Å².